The second-order valence-electron chi connectivity index (χ2n) is 9.22. The number of nitrogens with one attached hydrogen (secondary N) is 1. The first-order valence-electron chi connectivity index (χ1n) is 12.6. The van der Waals surface area contributed by atoms with Crippen molar-refractivity contribution in [1.29, 1.82) is 0 Å². The van der Waals surface area contributed by atoms with Crippen LogP contribution in [0.15, 0.2) is 53.4 Å². The van der Waals surface area contributed by atoms with Gasteiger partial charge in [-0.3, -0.25) is 9.59 Å². The van der Waals surface area contributed by atoms with E-state index in [1.165, 1.54) is 4.31 Å². The molecule has 0 aliphatic carbocycles. The molecule has 1 saturated heterocycles. The van der Waals surface area contributed by atoms with E-state index in [2.05, 4.69) is 5.32 Å². The number of hydrogen-bond donors (Lipinski definition) is 1. The van der Waals surface area contributed by atoms with Crippen molar-refractivity contribution in [3.63, 3.8) is 0 Å². The van der Waals surface area contributed by atoms with Crippen LogP contribution >= 0.6 is 11.6 Å². The van der Waals surface area contributed by atoms with Gasteiger partial charge in [0.05, 0.1) is 4.90 Å². The van der Waals surface area contributed by atoms with Gasteiger partial charge < -0.3 is 15.0 Å². The highest BCUT2D eigenvalue weighted by Crippen LogP contribution is 2.22. The van der Waals surface area contributed by atoms with Crippen molar-refractivity contribution < 1.29 is 22.7 Å². The molecular weight excluding hydrogens is 514 g/mol. The van der Waals surface area contributed by atoms with E-state index in [0.717, 1.165) is 24.0 Å². The molecule has 1 aliphatic heterocycles. The average Bonchev–Trinajstić information content (AvgIpc) is 3.45. The molecule has 0 radical (unpaired) electrons. The molecule has 202 valence electrons. The van der Waals surface area contributed by atoms with Crippen LogP contribution < -0.4 is 5.32 Å². The van der Waals surface area contributed by atoms with E-state index in [0.29, 0.717) is 44.1 Å². The first-order chi connectivity index (χ1) is 17.7. The number of hydrogen-bond acceptors (Lipinski definition) is 5. The molecule has 10 heteroatoms. The highest BCUT2D eigenvalue weighted by Gasteiger charge is 2.28. The predicted molar refractivity (Wildman–Crippen MR) is 144 cm³/mol. The number of nitrogens with zero attached hydrogens (tertiary/aromatic N) is 2. The molecule has 2 aromatic carbocycles. The molecule has 1 fully saturated rings. The minimum absolute atomic E-state index is 0.164. The lowest BCUT2D eigenvalue weighted by Gasteiger charge is -2.29. The Bertz CT molecular complexity index is 1130. The second-order valence-corrected chi connectivity index (χ2v) is 11.6. The molecule has 0 saturated carbocycles. The quantitative estimate of drug-likeness (QED) is 0.385. The Labute approximate surface area is 225 Å². The van der Waals surface area contributed by atoms with Gasteiger partial charge in [0.2, 0.25) is 21.8 Å². The summed E-state index contributed by atoms with van der Waals surface area (Å²) >= 11 is 6.01. The number of sulfonamides is 1. The van der Waals surface area contributed by atoms with Crippen LogP contribution in [0.25, 0.3) is 0 Å². The molecule has 1 aliphatic rings. The number of carbonyl (C=O) groups excluding carboxylic acids is 2. The van der Waals surface area contributed by atoms with Gasteiger partial charge in [0, 0.05) is 51.3 Å². The smallest absolute Gasteiger partial charge is 0.243 e. The molecule has 1 atom stereocenters. The number of methoxy groups -OCH3 is 1. The van der Waals surface area contributed by atoms with E-state index in [-0.39, 0.29) is 29.7 Å². The maximum absolute atomic E-state index is 13.3. The van der Waals surface area contributed by atoms with Crippen LogP contribution in [0.4, 0.5) is 0 Å². The maximum atomic E-state index is 13.3. The zero-order valence-corrected chi connectivity index (χ0v) is 23.1. The number of ether oxygens (including phenoxy) is 1. The van der Waals surface area contributed by atoms with E-state index >= 15 is 0 Å². The van der Waals surface area contributed by atoms with E-state index in [4.69, 9.17) is 16.3 Å². The molecule has 1 N–H and O–H groups in total. The van der Waals surface area contributed by atoms with Gasteiger partial charge in [-0.15, -0.1) is 0 Å². The molecule has 3 rings (SSSR count). The summed E-state index contributed by atoms with van der Waals surface area (Å²) in [6.45, 7) is 4.11. The summed E-state index contributed by atoms with van der Waals surface area (Å²) in [5, 5.41) is 3.47. The van der Waals surface area contributed by atoms with Gasteiger partial charge >= 0.3 is 0 Å². The molecule has 2 amide bonds. The fourth-order valence-corrected chi connectivity index (χ4v) is 5.89. The van der Waals surface area contributed by atoms with Crippen LogP contribution in [0.5, 0.6) is 0 Å². The Hall–Kier alpha value is -2.46. The van der Waals surface area contributed by atoms with E-state index < -0.39 is 16.1 Å². The van der Waals surface area contributed by atoms with Gasteiger partial charge in [0.25, 0.3) is 0 Å². The number of halogens is 1. The summed E-state index contributed by atoms with van der Waals surface area (Å²) in [6, 6.07) is 13.2. The molecule has 1 heterocycles. The van der Waals surface area contributed by atoms with Gasteiger partial charge in [-0.25, -0.2) is 8.42 Å². The second kappa shape index (κ2) is 13.9. The van der Waals surface area contributed by atoms with Crippen LogP contribution in [0.1, 0.15) is 43.7 Å². The number of benzene rings is 2. The van der Waals surface area contributed by atoms with Gasteiger partial charge in [0.1, 0.15) is 6.04 Å². The Morgan fingerprint density at radius 1 is 1.05 bits per heavy atom. The minimum Gasteiger partial charge on any atom is -0.385 e. The molecular formula is C27H36ClN3O5S. The van der Waals surface area contributed by atoms with Crippen LogP contribution in [0.2, 0.25) is 5.02 Å². The zero-order valence-electron chi connectivity index (χ0n) is 21.5. The molecule has 37 heavy (non-hydrogen) atoms. The van der Waals surface area contributed by atoms with E-state index in [9.17, 15) is 18.0 Å². The fourth-order valence-electron chi connectivity index (χ4n) is 4.25. The van der Waals surface area contributed by atoms with Crippen LogP contribution in [-0.4, -0.2) is 68.8 Å². The Morgan fingerprint density at radius 2 is 1.68 bits per heavy atom. The van der Waals surface area contributed by atoms with Crippen molar-refractivity contribution in [2.24, 2.45) is 0 Å². The first-order valence-corrected chi connectivity index (χ1v) is 14.4. The largest absolute Gasteiger partial charge is 0.385 e. The summed E-state index contributed by atoms with van der Waals surface area (Å²) in [4.78, 5) is 27.9. The summed E-state index contributed by atoms with van der Waals surface area (Å²) < 4.78 is 32.1. The monoisotopic (exact) mass is 549 g/mol. The molecule has 0 spiro atoms. The van der Waals surface area contributed by atoms with E-state index in [1.807, 2.05) is 12.1 Å². The van der Waals surface area contributed by atoms with Crippen molar-refractivity contribution >= 4 is 33.4 Å². The third kappa shape index (κ3) is 8.26. The van der Waals surface area contributed by atoms with Gasteiger partial charge in [-0.2, -0.15) is 4.31 Å². The van der Waals surface area contributed by atoms with E-state index in [1.54, 1.807) is 55.3 Å². The zero-order chi connectivity index (χ0) is 26.8. The average molecular weight is 550 g/mol. The third-order valence-electron chi connectivity index (χ3n) is 6.51. The lowest BCUT2D eigenvalue weighted by atomic mass is 10.1. The highest BCUT2D eigenvalue weighted by atomic mass is 35.5. The van der Waals surface area contributed by atoms with Crippen molar-refractivity contribution in [3.8, 4) is 0 Å². The van der Waals surface area contributed by atoms with Crippen molar-refractivity contribution in [3.05, 3.63) is 64.7 Å². The topological polar surface area (TPSA) is 96.0 Å². The molecule has 2 aromatic rings. The molecule has 8 nitrogen and oxygen atoms in total. The van der Waals surface area contributed by atoms with Gasteiger partial charge in [-0.05, 0) is 68.0 Å². The normalized spacial score (nSPS) is 14.9. The standard InChI is InChI=1S/C27H36ClN3O5S/c1-21(27(33)29-16-5-19-36-2)31(20-23-6-11-24(28)12-7-23)26(32)15-10-22-8-13-25(14-9-22)37(34,35)30-17-3-4-18-30/h6-9,11-14,21H,3-5,10,15-20H2,1-2H3,(H,29,33). The lowest BCUT2D eigenvalue weighted by molar-refractivity contribution is -0.140. The Kier molecular flexibility index (Phi) is 10.9. The van der Waals surface area contributed by atoms with Crippen molar-refractivity contribution in [2.45, 2.75) is 56.5 Å². The first kappa shape index (κ1) is 29.1. The maximum Gasteiger partial charge on any atom is 0.243 e. The minimum atomic E-state index is -3.47. The summed E-state index contributed by atoms with van der Waals surface area (Å²) in [6.07, 6.45) is 3.07. The molecule has 0 bridgehead atoms. The van der Waals surface area contributed by atoms with Gasteiger partial charge in [0.15, 0.2) is 0 Å². The lowest BCUT2D eigenvalue weighted by Crippen LogP contribution is -2.48. The number of rotatable bonds is 13. The summed E-state index contributed by atoms with van der Waals surface area (Å²) in [7, 11) is -1.87. The van der Waals surface area contributed by atoms with Crippen LogP contribution in [0, 0.1) is 0 Å². The summed E-state index contributed by atoms with van der Waals surface area (Å²) in [5.74, 6) is -0.391. The van der Waals surface area contributed by atoms with Crippen LogP contribution in [0.3, 0.4) is 0 Å². The van der Waals surface area contributed by atoms with Crippen molar-refractivity contribution in [2.75, 3.05) is 33.4 Å². The number of amides is 2. The summed E-state index contributed by atoms with van der Waals surface area (Å²) in [5.41, 5.74) is 1.73. The highest BCUT2D eigenvalue weighted by molar-refractivity contribution is 7.89. The van der Waals surface area contributed by atoms with Crippen LogP contribution in [-0.2, 0) is 37.3 Å². The molecule has 0 aromatic heterocycles. The Balaban J connectivity index is 1.66. The third-order valence-corrected chi connectivity index (χ3v) is 8.68. The molecule has 1 unspecified atom stereocenters. The number of carbonyl (C=O) groups is 2. The Morgan fingerprint density at radius 3 is 2.30 bits per heavy atom. The number of aryl methyl sites for hydroxylation is 1. The fraction of sp³-hybridized carbons (Fsp3) is 0.481. The predicted octanol–water partition coefficient (Wildman–Crippen LogP) is 3.63. The SMILES string of the molecule is COCCCNC(=O)C(C)N(Cc1ccc(Cl)cc1)C(=O)CCc1ccc(S(=O)(=O)N2CCCC2)cc1. The van der Waals surface area contributed by atoms with Gasteiger partial charge in [-0.1, -0.05) is 35.9 Å². The van der Waals surface area contributed by atoms with Crippen molar-refractivity contribution in [1.82, 2.24) is 14.5 Å².